The number of hydrogen-bond acceptors (Lipinski definition) is 6. The molecule has 0 heterocycles. The highest BCUT2D eigenvalue weighted by molar-refractivity contribution is 7.72. The predicted octanol–water partition coefficient (Wildman–Crippen LogP) is 4.62. The van der Waals surface area contributed by atoms with Crippen LogP contribution in [0.15, 0.2) is 59.8 Å². The molecule has 1 N–H and O–H groups in total. The average Bonchev–Trinajstić information content (AvgIpc) is 2.68. The summed E-state index contributed by atoms with van der Waals surface area (Å²) in [4.78, 5) is 27.1. The second kappa shape index (κ2) is 10.4. The monoisotopic (exact) mass is 425 g/mol. The van der Waals surface area contributed by atoms with E-state index in [4.69, 9.17) is 25.7 Å². The third kappa shape index (κ3) is 6.77. The molecule has 0 spiro atoms. The minimum Gasteiger partial charge on any atom is -0.482 e. The maximum absolute atomic E-state index is 12.7. The minimum absolute atomic E-state index is 0.308. The summed E-state index contributed by atoms with van der Waals surface area (Å²) < 4.78 is 23.2. The zero-order valence-corrected chi connectivity index (χ0v) is 17.1. The van der Waals surface area contributed by atoms with Crippen molar-refractivity contribution < 1.29 is 28.4 Å². The molecule has 28 heavy (non-hydrogen) atoms. The van der Waals surface area contributed by atoms with E-state index in [9.17, 15) is 14.3 Å². The molecule has 2 unspecified atom stereocenters. The van der Waals surface area contributed by atoms with Crippen LogP contribution in [0.25, 0.3) is 0 Å². The molecule has 0 aliphatic heterocycles. The first kappa shape index (κ1) is 22.1. The summed E-state index contributed by atoms with van der Waals surface area (Å²) in [5, 5.41) is 4.14. The Bertz CT molecular complexity index is 856. The molecule has 0 fully saturated rings. The zero-order chi connectivity index (χ0) is 20.6. The maximum Gasteiger partial charge on any atom is 0.381 e. The highest BCUT2D eigenvalue weighted by Crippen LogP contribution is 2.47. The molecular weight excluding hydrogens is 405 g/mol. The fraction of sp³-hybridized carbons (Fsp3) is 0.263. The number of benzene rings is 2. The Hall–Kier alpha value is -2.18. The lowest BCUT2D eigenvalue weighted by molar-refractivity contribution is -0.145. The van der Waals surface area contributed by atoms with Crippen molar-refractivity contribution in [1.82, 2.24) is 0 Å². The molecule has 2 rings (SSSR count). The van der Waals surface area contributed by atoms with Gasteiger partial charge in [0.25, 0.3) is 0 Å². The summed E-state index contributed by atoms with van der Waals surface area (Å²) in [7, 11) is -4.32. The maximum atomic E-state index is 12.7. The molecule has 7 nitrogen and oxygen atoms in total. The SMILES string of the molecule is CCC(C)OP(=O)(O)C(=NOC(=O)COc1ccc(Cl)cc1)c1ccccc1. The van der Waals surface area contributed by atoms with Gasteiger partial charge in [0.05, 0.1) is 6.10 Å². The van der Waals surface area contributed by atoms with Crippen LogP contribution in [0.2, 0.25) is 5.02 Å². The van der Waals surface area contributed by atoms with Gasteiger partial charge in [-0.3, -0.25) is 4.57 Å². The Morgan fingerprint density at radius 3 is 2.43 bits per heavy atom. The van der Waals surface area contributed by atoms with Crippen LogP contribution in [0.1, 0.15) is 25.8 Å². The molecule has 0 aromatic heterocycles. The van der Waals surface area contributed by atoms with Gasteiger partial charge >= 0.3 is 13.6 Å². The number of rotatable bonds is 9. The number of carbonyl (C=O) groups excluding carboxylic acids is 1. The molecule has 0 aliphatic rings. The molecule has 9 heteroatoms. The highest BCUT2D eigenvalue weighted by Gasteiger charge is 2.32. The largest absolute Gasteiger partial charge is 0.482 e. The molecule has 0 aliphatic carbocycles. The molecule has 0 saturated heterocycles. The number of nitrogens with zero attached hydrogens (tertiary/aromatic N) is 1. The Balaban J connectivity index is 2.11. The summed E-state index contributed by atoms with van der Waals surface area (Å²) in [6.45, 7) is 3.05. The predicted molar refractivity (Wildman–Crippen MR) is 107 cm³/mol. The standard InChI is InChI=1S/C19H21ClNO6P/c1-3-14(2)27-28(23,24)19(15-7-5-4-6-8-15)21-26-18(22)13-25-17-11-9-16(20)10-12-17/h4-12,14H,3,13H2,1-2H3,(H,23,24). The lowest BCUT2D eigenvalue weighted by Crippen LogP contribution is -2.16. The first-order valence-electron chi connectivity index (χ1n) is 8.55. The van der Waals surface area contributed by atoms with Gasteiger partial charge in [-0.2, -0.15) is 0 Å². The Morgan fingerprint density at radius 1 is 1.18 bits per heavy atom. The average molecular weight is 426 g/mol. The van der Waals surface area contributed by atoms with Crippen molar-refractivity contribution in [3.63, 3.8) is 0 Å². The Morgan fingerprint density at radius 2 is 1.82 bits per heavy atom. The van der Waals surface area contributed by atoms with Gasteiger partial charge in [-0.1, -0.05) is 54.0 Å². The van der Waals surface area contributed by atoms with E-state index in [-0.39, 0.29) is 5.45 Å². The van der Waals surface area contributed by atoms with Crippen molar-refractivity contribution in [3.8, 4) is 5.75 Å². The number of carbonyl (C=O) groups is 1. The van der Waals surface area contributed by atoms with Crippen LogP contribution < -0.4 is 4.74 Å². The van der Waals surface area contributed by atoms with Gasteiger partial charge in [-0.25, -0.2) is 4.79 Å². The van der Waals surface area contributed by atoms with Crippen molar-refractivity contribution in [2.75, 3.05) is 6.61 Å². The van der Waals surface area contributed by atoms with Crippen LogP contribution in [-0.2, 0) is 18.7 Å². The van der Waals surface area contributed by atoms with Gasteiger partial charge in [0.1, 0.15) is 5.75 Å². The summed E-state index contributed by atoms with van der Waals surface area (Å²) in [5.74, 6) is -0.423. The van der Waals surface area contributed by atoms with Crippen molar-refractivity contribution in [3.05, 3.63) is 65.2 Å². The van der Waals surface area contributed by atoms with Crippen molar-refractivity contribution in [1.29, 1.82) is 0 Å². The van der Waals surface area contributed by atoms with Crippen LogP contribution in [0, 0.1) is 0 Å². The van der Waals surface area contributed by atoms with E-state index in [1.54, 1.807) is 61.5 Å². The van der Waals surface area contributed by atoms with E-state index in [1.807, 2.05) is 6.92 Å². The van der Waals surface area contributed by atoms with Crippen LogP contribution in [0.5, 0.6) is 5.75 Å². The summed E-state index contributed by atoms with van der Waals surface area (Å²) in [6.07, 6.45) is 0.0510. The Labute approximate surface area is 168 Å². The van der Waals surface area contributed by atoms with Crippen LogP contribution in [-0.4, -0.2) is 29.0 Å². The van der Waals surface area contributed by atoms with E-state index >= 15 is 0 Å². The van der Waals surface area contributed by atoms with Crippen LogP contribution in [0.4, 0.5) is 0 Å². The zero-order valence-electron chi connectivity index (χ0n) is 15.4. The lowest BCUT2D eigenvalue weighted by Gasteiger charge is -2.18. The molecule has 0 radical (unpaired) electrons. The van der Waals surface area contributed by atoms with Gasteiger partial charge in [0.2, 0.25) is 0 Å². The summed E-state index contributed by atoms with van der Waals surface area (Å²) in [5.41, 5.74) is -0.0451. The van der Waals surface area contributed by atoms with Gasteiger partial charge in [0.15, 0.2) is 12.1 Å². The molecule has 2 aromatic rings. The number of ether oxygens (including phenoxy) is 1. The van der Waals surface area contributed by atoms with Gasteiger partial charge in [0, 0.05) is 10.6 Å². The third-order valence-corrected chi connectivity index (χ3v) is 5.37. The first-order valence-corrected chi connectivity index (χ1v) is 10.5. The lowest BCUT2D eigenvalue weighted by atomic mass is 10.2. The smallest absolute Gasteiger partial charge is 0.381 e. The van der Waals surface area contributed by atoms with Crippen molar-refractivity contribution in [2.24, 2.45) is 5.16 Å². The molecule has 2 aromatic carbocycles. The van der Waals surface area contributed by atoms with E-state index in [2.05, 4.69) is 5.16 Å². The molecule has 0 amide bonds. The fourth-order valence-corrected chi connectivity index (χ4v) is 3.50. The highest BCUT2D eigenvalue weighted by atomic mass is 35.5. The van der Waals surface area contributed by atoms with E-state index in [1.165, 1.54) is 0 Å². The van der Waals surface area contributed by atoms with E-state index in [0.717, 1.165) is 0 Å². The third-order valence-electron chi connectivity index (χ3n) is 3.60. The molecule has 0 saturated carbocycles. The normalized spacial score (nSPS) is 14.8. The number of oxime groups is 1. The van der Waals surface area contributed by atoms with Gasteiger partial charge < -0.3 is 19.0 Å². The second-order valence-corrected chi connectivity index (χ2v) is 7.94. The summed E-state index contributed by atoms with van der Waals surface area (Å²) >= 11 is 5.78. The number of hydrogen-bond donors (Lipinski definition) is 1. The van der Waals surface area contributed by atoms with Gasteiger partial charge in [-0.15, -0.1) is 0 Å². The second-order valence-electron chi connectivity index (χ2n) is 5.83. The van der Waals surface area contributed by atoms with Crippen LogP contribution in [0.3, 0.4) is 0 Å². The van der Waals surface area contributed by atoms with E-state index in [0.29, 0.717) is 22.8 Å². The minimum atomic E-state index is -4.32. The van der Waals surface area contributed by atoms with Crippen LogP contribution >= 0.6 is 19.2 Å². The molecular formula is C19H21ClNO6P. The van der Waals surface area contributed by atoms with Gasteiger partial charge in [-0.05, 0) is 37.6 Å². The molecule has 150 valence electrons. The summed E-state index contributed by atoms with van der Waals surface area (Å²) in [6, 6.07) is 14.6. The topological polar surface area (TPSA) is 94.4 Å². The quantitative estimate of drug-likeness (QED) is 0.272. The Kier molecular flexibility index (Phi) is 8.20. The van der Waals surface area contributed by atoms with E-state index < -0.39 is 26.3 Å². The number of halogens is 1. The van der Waals surface area contributed by atoms with Crippen molar-refractivity contribution in [2.45, 2.75) is 26.4 Å². The molecule has 0 bridgehead atoms. The first-order chi connectivity index (χ1) is 13.3. The molecule has 2 atom stereocenters. The van der Waals surface area contributed by atoms with Crippen molar-refractivity contribution >= 4 is 30.6 Å². The fourth-order valence-electron chi connectivity index (χ4n) is 2.02.